The summed E-state index contributed by atoms with van der Waals surface area (Å²) in [4.78, 5) is 11.7. The number of hydrogen-bond donors (Lipinski definition) is 0. The number of para-hydroxylation sites is 4. The van der Waals surface area contributed by atoms with E-state index >= 15 is 0 Å². The zero-order chi connectivity index (χ0) is 65.4. The third-order valence-corrected chi connectivity index (χ3v) is 22.8. The van der Waals surface area contributed by atoms with Crippen LogP contribution in [0.1, 0.15) is 112 Å². The number of nitrogens with zero attached hydrogens (tertiary/aromatic N) is 4. The summed E-state index contributed by atoms with van der Waals surface area (Å²) in [5.41, 5.74) is 16.2. The maximum atomic E-state index is 9.40. The molecule has 0 amide bonds. The maximum absolute atomic E-state index is 9.40. The molecule has 0 N–H and O–H groups in total. The number of fused-ring (bicyclic) bond motifs is 10. The van der Waals surface area contributed by atoms with E-state index in [1.807, 2.05) is 73.5 Å². The van der Waals surface area contributed by atoms with Gasteiger partial charge in [0.2, 0.25) is 0 Å². The number of ether oxygens (including phenoxy) is 1. The van der Waals surface area contributed by atoms with Gasteiger partial charge < -0.3 is 19.4 Å². The molecular weight excluding hydrogens is 1280 g/mol. The van der Waals surface area contributed by atoms with Crippen molar-refractivity contribution in [3.63, 3.8) is 0 Å². The van der Waals surface area contributed by atoms with E-state index in [-0.39, 0.29) is 60.4 Å². The fourth-order valence-corrected chi connectivity index (χ4v) is 18.7. The minimum absolute atomic E-state index is 0. The number of hydrogen-bond acceptors (Lipinski definition) is 5. The van der Waals surface area contributed by atoms with Crippen molar-refractivity contribution in [3.05, 3.63) is 272 Å². The van der Waals surface area contributed by atoms with E-state index < -0.39 is 26.2 Å². The molecule has 3 aliphatic rings. The molecule has 10 aromatic carbocycles. The summed E-state index contributed by atoms with van der Waals surface area (Å²) in [6.07, 6.45) is 1.93. The quantitative estimate of drug-likeness (QED) is 0.112. The molecule has 7 heteroatoms. The second kappa shape index (κ2) is 22.2. The Morgan fingerprint density at radius 1 is 0.427 bits per heavy atom. The molecule has 1 spiro atoms. The molecule has 5 nitrogen and oxygen atoms in total. The number of rotatable bonds is 8. The van der Waals surface area contributed by atoms with Crippen LogP contribution in [0.25, 0.3) is 44.5 Å². The van der Waals surface area contributed by atoms with Crippen molar-refractivity contribution in [2.24, 2.45) is 0 Å². The van der Waals surface area contributed by atoms with Gasteiger partial charge in [0, 0.05) is 72.6 Å². The van der Waals surface area contributed by atoms with Gasteiger partial charge in [0.05, 0.1) is 6.85 Å². The summed E-state index contributed by atoms with van der Waals surface area (Å²) in [5.74, 6) is 1.80. The summed E-state index contributed by atoms with van der Waals surface area (Å²) in [5, 5.41) is 5.26. The second-order valence-corrected chi connectivity index (χ2v) is 31.5. The molecule has 11 aromatic rings. The van der Waals surface area contributed by atoms with Gasteiger partial charge in [-0.2, -0.15) is 12.1 Å². The Hall–Kier alpha value is -8.54. The Morgan fingerprint density at radius 2 is 0.989 bits per heavy atom. The average Bonchev–Trinajstić information content (AvgIpc) is 1.43. The standard InChI is InChI=1S/C82H75N4OSi.Pt/c1-79(2,3)58-37-40-67-68-41-38-59(80(4,5)6)49-76(68)88(75(67)48-58)73-36-22-21-35-71(73)86(77-50-60(43-44-83-77)81(7,8)9)72-52-64(39-42-74(72)88)87-63-30-23-29-62(51-63)84-53-85(70-34-20-19-33-69(70)84)78-65(55-27-17-14-18-28-55)31-24-32-66(78)57-45-56(54-25-15-13-16-26-54)46-61(47-57)82(10,11)12;/h13-50,53H,1-12H3;/q-3;/i14D,17D,18D,27D,28D;. The Balaban J connectivity index is 0.00000803. The van der Waals surface area contributed by atoms with Crippen molar-refractivity contribution < 1.29 is 32.7 Å². The third-order valence-electron chi connectivity index (χ3n) is 17.9. The number of aromatic nitrogens is 1. The van der Waals surface area contributed by atoms with Crippen LogP contribution in [0.2, 0.25) is 0 Å². The first-order valence-electron chi connectivity index (χ1n) is 33.1. The smallest absolute Gasteiger partial charge is 0.135 e. The van der Waals surface area contributed by atoms with Crippen LogP contribution in [0.4, 0.5) is 39.9 Å². The topological polar surface area (TPSA) is 31.8 Å². The predicted octanol–water partition coefficient (Wildman–Crippen LogP) is 19.2. The molecule has 0 saturated carbocycles. The van der Waals surface area contributed by atoms with Crippen LogP contribution in [0.5, 0.6) is 11.5 Å². The van der Waals surface area contributed by atoms with Crippen LogP contribution in [0.15, 0.2) is 231 Å². The van der Waals surface area contributed by atoms with Crippen molar-refractivity contribution in [2.45, 2.75) is 105 Å². The van der Waals surface area contributed by atoms with Gasteiger partial charge in [0.1, 0.15) is 13.9 Å². The van der Waals surface area contributed by atoms with Crippen molar-refractivity contribution in [3.8, 4) is 56.0 Å². The van der Waals surface area contributed by atoms with Gasteiger partial charge in [0.15, 0.2) is 0 Å². The molecular formula is C82H75N4OPtSi-3. The zero-order valence-electron chi connectivity index (χ0n) is 57.6. The molecule has 4 heterocycles. The fourth-order valence-electron chi connectivity index (χ4n) is 13.2. The summed E-state index contributed by atoms with van der Waals surface area (Å²) in [7, 11) is -3.18. The van der Waals surface area contributed by atoms with Gasteiger partial charge >= 0.3 is 0 Å². The monoisotopic (exact) mass is 1360 g/mol. The van der Waals surface area contributed by atoms with E-state index in [9.17, 15) is 2.74 Å². The molecule has 0 bridgehead atoms. The van der Waals surface area contributed by atoms with Crippen LogP contribution in [0, 0.1) is 18.8 Å². The SMILES string of the molecule is [2H]c1c([2H])c([2H])c(-c2cccc(-c3cc(-c4ccccc4)cc(C(C)(C)C)c3)c2N2[CH-]N(c3[c-]c(Oc4[c-]c5c(cc4)[Si]4(c6cc(C(C)(C)C)ccc6-c6ccc(C(C)(C)C)cc64)c4ccccc4N5c4cc(C(C)(C)C)ccn4)ccc3)c3ccccc32)c([2H])c1[2H].[Pt]. The molecule has 0 fully saturated rings. The largest absolute Gasteiger partial charge is 0.509 e. The molecule has 0 atom stereocenters. The Bertz CT molecular complexity index is 4760. The van der Waals surface area contributed by atoms with E-state index in [0.29, 0.717) is 28.4 Å². The molecule has 0 saturated heterocycles. The first-order chi connectivity index (χ1) is 44.2. The third kappa shape index (κ3) is 10.4. The maximum Gasteiger partial charge on any atom is 0.135 e. The minimum atomic E-state index is -3.18. The Kier molecular flexibility index (Phi) is 13.3. The van der Waals surface area contributed by atoms with E-state index in [1.165, 1.54) is 48.6 Å². The van der Waals surface area contributed by atoms with Gasteiger partial charge in [-0.05, 0) is 129 Å². The van der Waals surface area contributed by atoms with Gasteiger partial charge in [0.25, 0.3) is 0 Å². The Labute approximate surface area is 550 Å². The van der Waals surface area contributed by atoms with Gasteiger partial charge in [-0.25, -0.2) is 4.98 Å². The van der Waals surface area contributed by atoms with Crippen molar-refractivity contribution in [1.29, 1.82) is 0 Å². The van der Waals surface area contributed by atoms with Crippen LogP contribution >= 0.6 is 0 Å². The number of benzene rings is 10. The van der Waals surface area contributed by atoms with Crippen LogP contribution < -0.4 is 40.2 Å². The summed E-state index contributed by atoms with van der Waals surface area (Å²) in [6.45, 7) is 29.2. The molecule has 89 heavy (non-hydrogen) atoms. The van der Waals surface area contributed by atoms with Gasteiger partial charge in [-0.1, -0.05) is 246 Å². The van der Waals surface area contributed by atoms with Crippen molar-refractivity contribution in [2.75, 3.05) is 14.7 Å². The fraction of sp³-hybridized carbons (Fsp3) is 0.195. The Morgan fingerprint density at radius 3 is 1.64 bits per heavy atom. The van der Waals surface area contributed by atoms with Gasteiger partial charge in [-0.15, -0.1) is 47.9 Å². The first kappa shape index (κ1) is 53.5. The molecule has 0 radical (unpaired) electrons. The number of anilines is 7. The van der Waals surface area contributed by atoms with Crippen LogP contribution in [-0.2, 0) is 42.7 Å². The normalized spacial score (nSPS) is 14.7. The summed E-state index contributed by atoms with van der Waals surface area (Å²) >= 11 is 0. The molecule has 3 aliphatic heterocycles. The molecule has 0 aliphatic carbocycles. The van der Waals surface area contributed by atoms with E-state index in [0.717, 1.165) is 56.4 Å². The molecule has 0 unspecified atom stereocenters. The molecule has 1 aromatic heterocycles. The first-order valence-corrected chi connectivity index (χ1v) is 32.6. The molecule has 446 valence electrons. The van der Waals surface area contributed by atoms with Crippen molar-refractivity contribution in [1.82, 2.24) is 4.98 Å². The van der Waals surface area contributed by atoms with E-state index in [1.54, 1.807) is 0 Å². The number of pyridine rings is 1. The summed E-state index contributed by atoms with van der Waals surface area (Å²) < 4.78 is 52.3. The zero-order valence-corrected chi connectivity index (χ0v) is 55.9. The second-order valence-electron chi connectivity index (χ2n) is 27.8. The van der Waals surface area contributed by atoms with Crippen molar-refractivity contribution >= 4 is 68.8 Å². The predicted molar refractivity (Wildman–Crippen MR) is 372 cm³/mol. The van der Waals surface area contributed by atoms with E-state index in [4.69, 9.17) is 13.8 Å². The van der Waals surface area contributed by atoms with Gasteiger partial charge in [-0.3, -0.25) is 0 Å². The average molecular weight is 1360 g/mol. The minimum Gasteiger partial charge on any atom is -0.509 e. The van der Waals surface area contributed by atoms with Crippen LogP contribution in [-0.4, -0.2) is 13.1 Å². The van der Waals surface area contributed by atoms with E-state index in [2.05, 4.69) is 243 Å². The van der Waals surface area contributed by atoms with Crippen LogP contribution in [0.3, 0.4) is 0 Å². The molecule has 14 rings (SSSR count). The summed E-state index contributed by atoms with van der Waals surface area (Å²) in [6, 6.07) is 74.9.